The SMILES string of the molecule is O=C(Nc1ccc(-c2ccncc2)nc1)Nc1c(F)cccc1F. The maximum atomic E-state index is 13.5. The molecule has 0 unspecified atom stereocenters. The van der Waals surface area contributed by atoms with Gasteiger partial charge in [-0.1, -0.05) is 6.07 Å². The average molecular weight is 326 g/mol. The second-order valence-electron chi connectivity index (χ2n) is 4.84. The highest BCUT2D eigenvalue weighted by atomic mass is 19.1. The average Bonchev–Trinajstić information content (AvgIpc) is 2.60. The summed E-state index contributed by atoms with van der Waals surface area (Å²) in [6.07, 6.45) is 4.76. The minimum Gasteiger partial charge on any atom is -0.306 e. The number of pyridine rings is 2. The molecule has 120 valence electrons. The van der Waals surface area contributed by atoms with Crippen LogP contribution in [0.1, 0.15) is 0 Å². The van der Waals surface area contributed by atoms with Gasteiger partial charge in [0.25, 0.3) is 0 Å². The smallest absolute Gasteiger partial charge is 0.306 e. The van der Waals surface area contributed by atoms with Crippen molar-refractivity contribution in [2.75, 3.05) is 10.6 Å². The highest BCUT2D eigenvalue weighted by Crippen LogP contribution is 2.19. The third kappa shape index (κ3) is 3.52. The minimum atomic E-state index is -0.851. The number of carbonyl (C=O) groups is 1. The van der Waals surface area contributed by atoms with E-state index in [1.165, 1.54) is 12.3 Å². The summed E-state index contributed by atoms with van der Waals surface area (Å²) < 4.78 is 27.0. The molecule has 0 fully saturated rings. The maximum absolute atomic E-state index is 13.5. The number of aromatic nitrogens is 2. The Hall–Kier alpha value is -3.35. The molecule has 0 atom stereocenters. The number of hydrogen-bond donors (Lipinski definition) is 2. The number of nitrogens with one attached hydrogen (secondary N) is 2. The Balaban J connectivity index is 1.69. The molecule has 3 aromatic rings. The lowest BCUT2D eigenvalue weighted by Crippen LogP contribution is -2.21. The summed E-state index contributed by atoms with van der Waals surface area (Å²) in [5.74, 6) is -1.70. The topological polar surface area (TPSA) is 66.9 Å². The minimum absolute atomic E-state index is 0.391. The second-order valence-corrected chi connectivity index (χ2v) is 4.84. The van der Waals surface area contributed by atoms with Gasteiger partial charge in [0.15, 0.2) is 0 Å². The van der Waals surface area contributed by atoms with Gasteiger partial charge in [-0.05, 0) is 36.4 Å². The number of amides is 2. The van der Waals surface area contributed by atoms with E-state index < -0.39 is 23.4 Å². The van der Waals surface area contributed by atoms with Gasteiger partial charge in [0, 0.05) is 18.0 Å². The van der Waals surface area contributed by atoms with Gasteiger partial charge in [0.1, 0.15) is 17.3 Å². The van der Waals surface area contributed by atoms with Crippen molar-refractivity contribution in [3.63, 3.8) is 0 Å². The summed E-state index contributed by atoms with van der Waals surface area (Å²) in [6.45, 7) is 0. The Kier molecular flexibility index (Phi) is 4.42. The zero-order valence-electron chi connectivity index (χ0n) is 12.3. The van der Waals surface area contributed by atoms with E-state index in [1.54, 1.807) is 24.5 Å². The number of rotatable bonds is 3. The Morgan fingerprint density at radius 2 is 1.62 bits per heavy atom. The van der Waals surface area contributed by atoms with Crippen LogP contribution < -0.4 is 10.6 Å². The number of carbonyl (C=O) groups excluding carboxylic acids is 1. The molecule has 2 amide bonds. The third-order valence-corrected chi connectivity index (χ3v) is 3.20. The molecule has 2 N–H and O–H groups in total. The first-order valence-electron chi connectivity index (χ1n) is 7.02. The predicted octanol–water partition coefficient (Wildman–Crippen LogP) is 4.07. The Bertz CT molecular complexity index is 834. The van der Waals surface area contributed by atoms with Crippen molar-refractivity contribution in [3.05, 3.63) is 72.7 Å². The van der Waals surface area contributed by atoms with Gasteiger partial charge < -0.3 is 10.6 Å². The molecule has 3 rings (SSSR count). The number of anilines is 2. The molecule has 1 aromatic carbocycles. The van der Waals surface area contributed by atoms with E-state index >= 15 is 0 Å². The number of nitrogens with zero attached hydrogens (tertiary/aromatic N) is 2. The Morgan fingerprint density at radius 1 is 0.917 bits per heavy atom. The fourth-order valence-electron chi connectivity index (χ4n) is 2.05. The number of para-hydroxylation sites is 1. The lowest BCUT2D eigenvalue weighted by atomic mass is 10.2. The Labute approximate surface area is 136 Å². The van der Waals surface area contributed by atoms with E-state index in [9.17, 15) is 13.6 Å². The molecule has 0 aliphatic heterocycles. The quantitative estimate of drug-likeness (QED) is 0.762. The first-order chi connectivity index (χ1) is 11.6. The number of hydrogen-bond acceptors (Lipinski definition) is 3. The molecule has 0 aliphatic rings. The molecule has 0 saturated carbocycles. The van der Waals surface area contributed by atoms with Gasteiger partial charge in [0.2, 0.25) is 0 Å². The summed E-state index contributed by atoms with van der Waals surface area (Å²) in [4.78, 5) is 20.0. The summed E-state index contributed by atoms with van der Waals surface area (Å²) in [6, 6.07) is 9.54. The molecule has 5 nitrogen and oxygen atoms in total. The van der Waals surface area contributed by atoms with E-state index in [1.807, 2.05) is 12.1 Å². The molecule has 2 aromatic heterocycles. The van der Waals surface area contributed by atoms with Crippen LogP contribution in [0.2, 0.25) is 0 Å². The Morgan fingerprint density at radius 3 is 2.25 bits per heavy atom. The molecule has 0 radical (unpaired) electrons. The first-order valence-corrected chi connectivity index (χ1v) is 7.02. The van der Waals surface area contributed by atoms with E-state index in [-0.39, 0.29) is 0 Å². The van der Waals surface area contributed by atoms with Crippen LogP contribution in [0.5, 0.6) is 0 Å². The molecule has 2 heterocycles. The van der Waals surface area contributed by atoms with Crippen molar-refractivity contribution < 1.29 is 13.6 Å². The number of benzene rings is 1. The zero-order valence-corrected chi connectivity index (χ0v) is 12.3. The molecule has 0 saturated heterocycles. The standard InChI is InChI=1S/C17H12F2N4O/c18-13-2-1-3-14(19)16(13)23-17(24)22-12-4-5-15(21-10-12)11-6-8-20-9-7-11/h1-10H,(H2,22,23,24). The van der Waals surface area contributed by atoms with Crippen molar-refractivity contribution >= 4 is 17.4 Å². The van der Waals surface area contributed by atoms with Crippen LogP contribution in [0.4, 0.5) is 25.0 Å². The van der Waals surface area contributed by atoms with Crippen LogP contribution in [-0.4, -0.2) is 16.0 Å². The van der Waals surface area contributed by atoms with Crippen molar-refractivity contribution in [1.29, 1.82) is 0 Å². The summed E-state index contributed by atoms with van der Waals surface area (Å²) in [5.41, 5.74) is 1.48. The largest absolute Gasteiger partial charge is 0.323 e. The van der Waals surface area contributed by atoms with Gasteiger partial charge in [0.05, 0.1) is 17.6 Å². The molecular formula is C17H12F2N4O. The van der Waals surface area contributed by atoms with Crippen LogP contribution in [0.3, 0.4) is 0 Å². The van der Waals surface area contributed by atoms with Gasteiger partial charge in [-0.15, -0.1) is 0 Å². The first kappa shape index (κ1) is 15.5. The second kappa shape index (κ2) is 6.82. The molecule has 0 spiro atoms. The van der Waals surface area contributed by atoms with E-state index in [4.69, 9.17) is 0 Å². The molecule has 7 heteroatoms. The molecule has 0 aliphatic carbocycles. The van der Waals surface area contributed by atoms with Crippen molar-refractivity contribution in [2.24, 2.45) is 0 Å². The molecule has 0 bridgehead atoms. The van der Waals surface area contributed by atoms with Crippen LogP contribution in [0.15, 0.2) is 61.1 Å². The van der Waals surface area contributed by atoms with Gasteiger partial charge in [-0.25, -0.2) is 13.6 Å². The number of urea groups is 1. The van der Waals surface area contributed by atoms with E-state index in [2.05, 4.69) is 20.6 Å². The van der Waals surface area contributed by atoms with Gasteiger partial charge >= 0.3 is 6.03 Å². The van der Waals surface area contributed by atoms with Crippen molar-refractivity contribution in [3.8, 4) is 11.3 Å². The molecular weight excluding hydrogens is 314 g/mol. The monoisotopic (exact) mass is 326 g/mol. The lowest BCUT2D eigenvalue weighted by molar-refractivity contribution is 0.262. The van der Waals surface area contributed by atoms with Crippen LogP contribution in [0.25, 0.3) is 11.3 Å². The summed E-state index contributed by atoms with van der Waals surface area (Å²) in [7, 11) is 0. The predicted molar refractivity (Wildman–Crippen MR) is 86.5 cm³/mol. The van der Waals surface area contributed by atoms with Crippen molar-refractivity contribution in [2.45, 2.75) is 0 Å². The van der Waals surface area contributed by atoms with E-state index in [0.717, 1.165) is 17.7 Å². The fraction of sp³-hybridized carbons (Fsp3) is 0. The van der Waals surface area contributed by atoms with Crippen LogP contribution in [0, 0.1) is 11.6 Å². The highest BCUT2D eigenvalue weighted by molar-refractivity contribution is 5.99. The zero-order chi connectivity index (χ0) is 16.9. The summed E-state index contributed by atoms with van der Waals surface area (Å²) >= 11 is 0. The van der Waals surface area contributed by atoms with Gasteiger partial charge in [-0.2, -0.15) is 0 Å². The van der Waals surface area contributed by atoms with Crippen LogP contribution >= 0.6 is 0 Å². The third-order valence-electron chi connectivity index (χ3n) is 3.20. The normalized spacial score (nSPS) is 10.2. The van der Waals surface area contributed by atoms with Gasteiger partial charge in [-0.3, -0.25) is 9.97 Å². The highest BCUT2D eigenvalue weighted by Gasteiger charge is 2.12. The van der Waals surface area contributed by atoms with Crippen LogP contribution in [-0.2, 0) is 0 Å². The van der Waals surface area contributed by atoms with E-state index in [0.29, 0.717) is 11.4 Å². The fourth-order valence-corrected chi connectivity index (χ4v) is 2.05. The molecule has 24 heavy (non-hydrogen) atoms. The number of halogens is 2. The van der Waals surface area contributed by atoms with Crippen molar-refractivity contribution in [1.82, 2.24) is 9.97 Å². The lowest BCUT2D eigenvalue weighted by Gasteiger charge is -2.09. The maximum Gasteiger partial charge on any atom is 0.323 e. The summed E-state index contributed by atoms with van der Waals surface area (Å²) in [5, 5.41) is 4.60.